The van der Waals surface area contributed by atoms with E-state index in [4.69, 9.17) is 0 Å². The van der Waals surface area contributed by atoms with Gasteiger partial charge in [0.15, 0.2) is 11.6 Å². The lowest BCUT2D eigenvalue weighted by molar-refractivity contribution is 0.0594. The number of benzene rings is 2. The number of phenols is 2. The number of rotatable bonds is 1. The van der Waals surface area contributed by atoms with Gasteiger partial charge in [-0.3, -0.25) is 0 Å². The summed E-state index contributed by atoms with van der Waals surface area (Å²) in [6, 6.07) is 2.60. The molecule has 0 amide bonds. The molecular formula is C12H8F2O4. The van der Waals surface area contributed by atoms with Crippen molar-refractivity contribution in [1.82, 2.24) is 0 Å². The second-order valence-corrected chi connectivity index (χ2v) is 3.60. The molecule has 4 nitrogen and oxygen atoms in total. The minimum Gasteiger partial charge on any atom is -0.507 e. The van der Waals surface area contributed by atoms with Crippen molar-refractivity contribution in [2.75, 3.05) is 7.11 Å². The molecule has 0 saturated carbocycles. The zero-order valence-corrected chi connectivity index (χ0v) is 9.20. The van der Waals surface area contributed by atoms with Crippen LogP contribution >= 0.6 is 0 Å². The first-order valence-electron chi connectivity index (χ1n) is 4.87. The van der Waals surface area contributed by atoms with Crippen LogP contribution in [0, 0.1) is 11.6 Å². The van der Waals surface area contributed by atoms with E-state index in [1.165, 1.54) is 0 Å². The third-order valence-electron chi connectivity index (χ3n) is 2.52. The third kappa shape index (κ3) is 1.71. The lowest BCUT2D eigenvalue weighted by Crippen LogP contribution is -2.02. The molecule has 0 aliphatic heterocycles. The highest BCUT2D eigenvalue weighted by atomic mass is 19.2. The first-order valence-corrected chi connectivity index (χ1v) is 4.87. The second kappa shape index (κ2) is 4.14. The number of hydrogen-bond donors (Lipinski definition) is 2. The molecule has 0 fully saturated rings. The maximum absolute atomic E-state index is 13.1. The van der Waals surface area contributed by atoms with E-state index in [-0.39, 0.29) is 10.8 Å². The molecule has 0 heterocycles. The van der Waals surface area contributed by atoms with Gasteiger partial charge in [0.05, 0.1) is 7.11 Å². The van der Waals surface area contributed by atoms with E-state index in [9.17, 15) is 23.8 Å². The molecule has 0 radical (unpaired) electrons. The van der Waals surface area contributed by atoms with Crippen LogP contribution in [0.1, 0.15) is 10.4 Å². The lowest BCUT2D eigenvalue weighted by atomic mass is 10.0. The standard InChI is InChI=1S/C12H8F2O4/c1-18-12(17)10-9(15)3-5-2-7(13)8(14)4-6(5)11(10)16/h2-4,15-16H,1H3. The number of aromatic hydroxyl groups is 2. The van der Waals surface area contributed by atoms with Gasteiger partial charge >= 0.3 is 5.97 Å². The fourth-order valence-corrected chi connectivity index (χ4v) is 1.67. The Labute approximate surface area is 100 Å². The normalized spacial score (nSPS) is 10.6. The molecule has 0 bridgehead atoms. The summed E-state index contributed by atoms with van der Waals surface area (Å²) in [5.41, 5.74) is -0.490. The van der Waals surface area contributed by atoms with Crippen molar-refractivity contribution in [3.63, 3.8) is 0 Å². The number of carbonyl (C=O) groups is 1. The molecule has 2 aromatic rings. The Balaban J connectivity index is 2.85. The highest BCUT2D eigenvalue weighted by Crippen LogP contribution is 2.36. The summed E-state index contributed by atoms with van der Waals surface area (Å²) >= 11 is 0. The maximum Gasteiger partial charge on any atom is 0.345 e. The van der Waals surface area contributed by atoms with Gasteiger partial charge in [0.2, 0.25) is 0 Å². The van der Waals surface area contributed by atoms with E-state index in [0.29, 0.717) is 0 Å². The van der Waals surface area contributed by atoms with Crippen molar-refractivity contribution < 1.29 is 28.5 Å². The topological polar surface area (TPSA) is 66.8 Å². The molecule has 2 aromatic carbocycles. The maximum atomic E-state index is 13.1. The van der Waals surface area contributed by atoms with Gasteiger partial charge in [0, 0.05) is 5.39 Å². The summed E-state index contributed by atoms with van der Waals surface area (Å²) < 4.78 is 30.5. The summed E-state index contributed by atoms with van der Waals surface area (Å²) in [4.78, 5) is 11.3. The van der Waals surface area contributed by atoms with E-state index >= 15 is 0 Å². The number of methoxy groups -OCH3 is 1. The Morgan fingerprint density at radius 2 is 1.78 bits per heavy atom. The van der Waals surface area contributed by atoms with Crippen LogP contribution in [-0.4, -0.2) is 23.3 Å². The smallest absolute Gasteiger partial charge is 0.345 e. The van der Waals surface area contributed by atoms with Gasteiger partial charge in [-0.15, -0.1) is 0 Å². The zero-order chi connectivity index (χ0) is 13.4. The summed E-state index contributed by atoms with van der Waals surface area (Å²) in [5.74, 6) is -4.49. The molecule has 0 atom stereocenters. The average Bonchev–Trinajstić information content (AvgIpc) is 2.32. The summed E-state index contributed by atoms with van der Waals surface area (Å²) in [7, 11) is 1.07. The highest BCUT2D eigenvalue weighted by molar-refractivity contribution is 6.03. The molecule has 0 unspecified atom stereocenters. The minimum atomic E-state index is -1.17. The second-order valence-electron chi connectivity index (χ2n) is 3.60. The Hall–Kier alpha value is -2.37. The van der Waals surface area contributed by atoms with Crippen molar-refractivity contribution in [3.05, 3.63) is 35.4 Å². The molecule has 0 aliphatic carbocycles. The van der Waals surface area contributed by atoms with Crippen molar-refractivity contribution >= 4 is 16.7 Å². The highest BCUT2D eigenvalue weighted by Gasteiger charge is 2.21. The van der Waals surface area contributed by atoms with Crippen LogP contribution in [0.4, 0.5) is 8.78 Å². The SMILES string of the molecule is COC(=O)c1c(O)cc2cc(F)c(F)cc2c1O. The third-order valence-corrected chi connectivity index (χ3v) is 2.52. The van der Waals surface area contributed by atoms with Gasteiger partial charge in [-0.25, -0.2) is 13.6 Å². The predicted molar refractivity (Wildman–Crippen MR) is 58.5 cm³/mol. The number of esters is 1. The van der Waals surface area contributed by atoms with E-state index < -0.39 is 34.7 Å². The number of hydrogen-bond acceptors (Lipinski definition) is 4. The van der Waals surface area contributed by atoms with Crippen LogP contribution in [0.5, 0.6) is 11.5 Å². The first-order chi connectivity index (χ1) is 8.45. The number of fused-ring (bicyclic) bond motifs is 1. The van der Waals surface area contributed by atoms with Crippen molar-refractivity contribution in [1.29, 1.82) is 0 Å². The van der Waals surface area contributed by atoms with Gasteiger partial charge < -0.3 is 14.9 Å². The number of carbonyl (C=O) groups excluding carboxylic acids is 1. The van der Waals surface area contributed by atoms with Crippen LogP contribution < -0.4 is 0 Å². The molecule has 0 saturated heterocycles. The number of ether oxygens (including phenoxy) is 1. The molecule has 94 valence electrons. The predicted octanol–water partition coefficient (Wildman–Crippen LogP) is 2.32. The average molecular weight is 254 g/mol. The fourth-order valence-electron chi connectivity index (χ4n) is 1.67. The van der Waals surface area contributed by atoms with Crippen LogP contribution in [-0.2, 0) is 4.74 Å². The van der Waals surface area contributed by atoms with Crippen LogP contribution in [0.25, 0.3) is 10.8 Å². The lowest BCUT2D eigenvalue weighted by Gasteiger charge is -2.09. The van der Waals surface area contributed by atoms with Gasteiger partial charge in [0.1, 0.15) is 17.1 Å². The Morgan fingerprint density at radius 3 is 2.39 bits per heavy atom. The van der Waals surface area contributed by atoms with Crippen molar-refractivity contribution in [2.24, 2.45) is 0 Å². The molecule has 18 heavy (non-hydrogen) atoms. The molecule has 6 heteroatoms. The zero-order valence-electron chi connectivity index (χ0n) is 9.20. The largest absolute Gasteiger partial charge is 0.507 e. The van der Waals surface area contributed by atoms with Gasteiger partial charge in [-0.1, -0.05) is 0 Å². The summed E-state index contributed by atoms with van der Waals surface area (Å²) in [6.07, 6.45) is 0. The van der Waals surface area contributed by atoms with Crippen molar-refractivity contribution in [3.8, 4) is 11.5 Å². The van der Waals surface area contributed by atoms with Crippen molar-refractivity contribution in [2.45, 2.75) is 0 Å². The number of halogens is 2. The molecular weight excluding hydrogens is 246 g/mol. The molecule has 0 aliphatic rings. The minimum absolute atomic E-state index is 0.0663. The molecule has 2 N–H and O–H groups in total. The quantitative estimate of drug-likeness (QED) is 0.766. The van der Waals surface area contributed by atoms with Gasteiger partial charge in [0.25, 0.3) is 0 Å². The Kier molecular flexibility index (Phi) is 2.78. The van der Waals surface area contributed by atoms with Crippen LogP contribution in [0.3, 0.4) is 0 Å². The first kappa shape index (κ1) is 12.1. The van der Waals surface area contributed by atoms with Gasteiger partial charge in [-0.2, -0.15) is 0 Å². The molecule has 0 spiro atoms. The van der Waals surface area contributed by atoms with Crippen LogP contribution in [0.15, 0.2) is 18.2 Å². The van der Waals surface area contributed by atoms with E-state index in [1.54, 1.807) is 0 Å². The Morgan fingerprint density at radius 1 is 1.17 bits per heavy atom. The number of phenolic OH excluding ortho intramolecular Hbond substituents is 2. The molecule has 2 rings (SSSR count). The van der Waals surface area contributed by atoms with Crippen LogP contribution in [0.2, 0.25) is 0 Å². The van der Waals surface area contributed by atoms with E-state index in [2.05, 4.69) is 4.74 Å². The molecule has 0 aromatic heterocycles. The summed E-state index contributed by atoms with van der Waals surface area (Å²) in [6.45, 7) is 0. The van der Waals surface area contributed by atoms with E-state index in [0.717, 1.165) is 25.3 Å². The monoisotopic (exact) mass is 254 g/mol. The summed E-state index contributed by atoms with van der Waals surface area (Å²) in [5, 5.41) is 19.3. The van der Waals surface area contributed by atoms with E-state index in [1.807, 2.05) is 0 Å². The van der Waals surface area contributed by atoms with Gasteiger partial charge in [-0.05, 0) is 23.6 Å². The Bertz CT molecular complexity index is 652. The fraction of sp³-hybridized carbons (Fsp3) is 0.0833.